The molecule has 0 atom stereocenters. The number of halogens is 1. The van der Waals surface area contributed by atoms with Gasteiger partial charge in [0.1, 0.15) is 5.82 Å². The Kier molecular flexibility index (Phi) is 4.98. The zero-order valence-corrected chi connectivity index (χ0v) is 16.2. The van der Waals surface area contributed by atoms with E-state index < -0.39 is 0 Å². The number of nitrogens with zero attached hydrogens (tertiary/aromatic N) is 1. The third-order valence-corrected chi connectivity index (χ3v) is 5.86. The molecule has 2 heterocycles. The highest BCUT2D eigenvalue weighted by molar-refractivity contribution is 5.94. The second-order valence-corrected chi connectivity index (χ2v) is 7.43. The van der Waals surface area contributed by atoms with E-state index in [2.05, 4.69) is 6.07 Å². The first kappa shape index (κ1) is 18.7. The van der Waals surface area contributed by atoms with Crippen LogP contribution in [0.25, 0.3) is 0 Å². The van der Waals surface area contributed by atoms with Crippen LogP contribution in [0, 0.1) is 5.82 Å². The fourth-order valence-electron chi connectivity index (χ4n) is 4.37. The zero-order chi connectivity index (χ0) is 19.7. The fraction of sp³-hybridized carbons (Fsp3) is 0.409. The fourth-order valence-corrected chi connectivity index (χ4v) is 4.37. The molecule has 0 saturated carbocycles. The van der Waals surface area contributed by atoms with Gasteiger partial charge in [-0.15, -0.1) is 0 Å². The topological polar surface area (TPSA) is 48.0 Å². The van der Waals surface area contributed by atoms with Gasteiger partial charge < -0.3 is 19.1 Å². The summed E-state index contributed by atoms with van der Waals surface area (Å²) in [7, 11) is 3.24. The lowest BCUT2D eigenvalue weighted by Gasteiger charge is -2.46. The average Bonchev–Trinajstić information content (AvgIpc) is 2.73. The van der Waals surface area contributed by atoms with Gasteiger partial charge in [0.05, 0.1) is 14.2 Å². The van der Waals surface area contributed by atoms with Crippen LogP contribution >= 0.6 is 0 Å². The predicted octanol–water partition coefficient (Wildman–Crippen LogP) is 3.55. The average molecular weight is 385 g/mol. The molecule has 1 spiro atoms. The number of rotatable bonds is 3. The number of ether oxygens (including phenoxy) is 3. The first-order chi connectivity index (χ1) is 13.6. The van der Waals surface area contributed by atoms with Crippen molar-refractivity contribution in [2.24, 2.45) is 0 Å². The van der Waals surface area contributed by atoms with Gasteiger partial charge in [0, 0.05) is 37.3 Å². The quantitative estimate of drug-likeness (QED) is 0.811. The molecule has 0 bridgehead atoms. The van der Waals surface area contributed by atoms with Gasteiger partial charge in [0.25, 0.3) is 5.91 Å². The molecule has 0 unspecified atom stereocenters. The maximum Gasteiger partial charge on any atom is 0.254 e. The van der Waals surface area contributed by atoms with Gasteiger partial charge >= 0.3 is 0 Å². The summed E-state index contributed by atoms with van der Waals surface area (Å²) >= 11 is 0. The SMILES string of the molecule is COc1cc2c(cc1OC)C1(CCOCC1)CN(C(=O)c1ccc(F)cc1)C2. The number of amides is 1. The molecule has 0 aliphatic carbocycles. The van der Waals surface area contributed by atoms with Crippen molar-refractivity contribution in [1.29, 1.82) is 0 Å². The first-order valence-electron chi connectivity index (χ1n) is 9.44. The van der Waals surface area contributed by atoms with Crippen LogP contribution in [-0.2, 0) is 16.7 Å². The predicted molar refractivity (Wildman–Crippen MR) is 102 cm³/mol. The van der Waals surface area contributed by atoms with E-state index in [4.69, 9.17) is 14.2 Å². The summed E-state index contributed by atoms with van der Waals surface area (Å²) in [5.74, 6) is 0.912. The van der Waals surface area contributed by atoms with Crippen LogP contribution < -0.4 is 9.47 Å². The minimum absolute atomic E-state index is 0.0914. The smallest absolute Gasteiger partial charge is 0.254 e. The Morgan fingerprint density at radius 1 is 1.07 bits per heavy atom. The molecule has 4 rings (SSSR count). The van der Waals surface area contributed by atoms with E-state index >= 15 is 0 Å². The Balaban J connectivity index is 1.75. The van der Waals surface area contributed by atoms with E-state index in [0.29, 0.717) is 43.4 Å². The summed E-state index contributed by atoms with van der Waals surface area (Å²) < 4.78 is 29.9. The van der Waals surface area contributed by atoms with Crippen molar-refractivity contribution < 1.29 is 23.4 Å². The summed E-state index contributed by atoms with van der Waals surface area (Å²) in [6.45, 7) is 2.41. The second-order valence-electron chi connectivity index (χ2n) is 7.43. The van der Waals surface area contributed by atoms with Crippen molar-refractivity contribution in [3.63, 3.8) is 0 Å². The van der Waals surface area contributed by atoms with Gasteiger partial charge in [-0.2, -0.15) is 0 Å². The molecular formula is C22H24FNO4. The highest BCUT2D eigenvalue weighted by Gasteiger charge is 2.43. The molecule has 1 saturated heterocycles. The van der Waals surface area contributed by atoms with E-state index in [0.717, 1.165) is 18.4 Å². The maximum absolute atomic E-state index is 13.3. The highest BCUT2D eigenvalue weighted by Crippen LogP contribution is 2.45. The van der Waals surface area contributed by atoms with E-state index in [1.54, 1.807) is 26.4 Å². The van der Waals surface area contributed by atoms with Crippen LogP contribution in [-0.4, -0.2) is 44.8 Å². The third kappa shape index (κ3) is 3.22. The van der Waals surface area contributed by atoms with Gasteiger partial charge in [-0.25, -0.2) is 4.39 Å². The Labute approximate surface area is 164 Å². The van der Waals surface area contributed by atoms with E-state index in [9.17, 15) is 9.18 Å². The summed E-state index contributed by atoms with van der Waals surface area (Å²) in [6, 6.07) is 9.75. The third-order valence-electron chi connectivity index (χ3n) is 5.86. The number of hydrogen-bond donors (Lipinski definition) is 0. The Bertz CT molecular complexity index is 875. The summed E-state index contributed by atoms with van der Waals surface area (Å²) in [5, 5.41) is 0. The molecule has 5 nitrogen and oxygen atoms in total. The lowest BCUT2D eigenvalue weighted by atomic mass is 9.69. The Morgan fingerprint density at radius 3 is 2.36 bits per heavy atom. The molecule has 0 N–H and O–H groups in total. The summed E-state index contributed by atoms with van der Waals surface area (Å²) in [6.07, 6.45) is 1.67. The lowest BCUT2D eigenvalue weighted by Crippen LogP contribution is -2.50. The number of carbonyl (C=O) groups is 1. The van der Waals surface area contributed by atoms with Crippen molar-refractivity contribution in [3.8, 4) is 11.5 Å². The monoisotopic (exact) mass is 385 g/mol. The molecular weight excluding hydrogens is 361 g/mol. The highest BCUT2D eigenvalue weighted by atomic mass is 19.1. The summed E-state index contributed by atoms with van der Waals surface area (Å²) in [5.41, 5.74) is 2.58. The molecule has 0 radical (unpaired) electrons. The number of hydrogen-bond acceptors (Lipinski definition) is 4. The van der Waals surface area contributed by atoms with Crippen LogP contribution in [0.3, 0.4) is 0 Å². The number of methoxy groups -OCH3 is 2. The van der Waals surface area contributed by atoms with Gasteiger partial charge in [0.2, 0.25) is 0 Å². The molecule has 2 aromatic carbocycles. The normalized spacial score (nSPS) is 17.9. The van der Waals surface area contributed by atoms with E-state index in [1.165, 1.54) is 17.7 Å². The van der Waals surface area contributed by atoms with Crippen molar-refractivity contribution in [1.82, 2.24) is 4.90 Å². The number of carbonyl (C=O) groups excluding carboxylic acids is 1. The lowest BCUT2D eigenvalue weighted by molar-refractivity contribution is 0.0236. The maximum atomic E-state index is 13.3. The number of fused-ring (bicyclic) bond motifs is 2. The van der Waals surface area contributed by atoms with Crippen LogP contribution in [0.2, 0.25) is 0 Å². The molecule has 2 aliphatic rings. The minimum Gasteiger partial charge on any atom is -0.493 e. The van der Waals surface area contributed by atoms with E-state index in [1.807, 2.05) is 11.0 Å². The van der Waals surface area contributed by atoms with Crippen molar-refractivity contribution >= 4 is 5.91 Å². The van der Waals surface area contributed by atoms with Crippen molar-refractivity contribution in [2.45, 2.75) is 24.8 Å². The molecule has 28 heavy (non-hydrogen) atoms. The van der Waals surface area contributed by atoms with Gasteiger partial charge in [-0.3, -0.25) is 4.79 Å². The molecule has 2 aromatic rings. The Morgan fingerprint density at radius 2 is 1.71 bits per heavy atom. The minimum atomic E-state index is -0.349. The zero-order valence-electron chi connectivity index (χ0n) is 16.2. The van der Waals surface area contributed by atoms with Crippen LogP contribution in [0.5, 0.6) is 11.5 Å². The summed E-state index contributed by atoms with van der Waals surface area (Å²) in [4.78, 5) is 15.0. The molecule has 2 aliphatic heterocycles. The van der Waals surface area contributed by atoms with Crippen LogP contribution in [0.15, 0.2) is 36.4 Å². The van der Waals surface area contributed by atoms with Gasteiger partial charge in [-0.1, -0.05) is 0 Å². The molecule has 1 amide bonds. The number of benzene rings is 2. The van der Waals surface area contributed by atoms with Gasteiger partial charge in [0.15, 0.2) is 11.5 Å². The first-order valence-corrected chi connectivity index (χ1v) is 9.44. The standard InChI is InChI=1S/C22H24FNO4/c1-26-19-11-16-13-24(21(25)15-3-5-17(23)6-4-15)14-22(7-9-28-10-8-22)18(16)12-20(19)27-2/h3-6,11-12H,7-10,13-14H2,1-2H3. The molecule has 148 valence electrons. The van der Waals surface area contributed by atoms with Crippen LogP contribution in [0.1, 0.15) is 34.3 Å². The van der Waals surface area contributed by atoms with Gasteiger partial charge in [-0.05, 0) is 60.4 Å². The molecule has 6 heteroatoms. The Hall–Kier alpha value is -2.60. The van der Waals surface area contributed by atoms with Crippen molar-refractivity contribution in [2.75, 3.05) is 34.0 Å². The second kappa shape index (κ2) is 7.43. The van der Waals surface area contributed by atoms with E-state index in [-0.39, 0.29) is 17.1 Å². The van der Waals surface area contributed by atoms with Crippen LogP contribution in [0.4, 0.5) is 4.39 Å². The molecule has 0 aromatic heterocycles. The molecule has 1 fully saturated rings. The largest absolute Gasteiger partial charge is 0.493 e. The van der Waals surface area contributed by atoms with Crippen molar-refractivity contribution in [3.05, 3.63) is 58.9 Å².